The standard InChI is InChI=1S/C31H27N3O7/c35-28(20-10-4-1-5-11-20)32-25-16-17-34(31(37)33-25)23-18-38-24-19-39-30(22-14-8-3-9-15-22)41-27(24)26(23)40-29(36)21-12-6-2-7-13-21/h1-17,23-24,26-27,30H,18-19H2,(H,32,33,35,37)/t23-,24-,26+,27+,30?/m1/s1. The van der Waals surface area contributed by atoms with Gasteiger partial charge in [-0.15, -0.1) is 0 Å². The Morgan fingerprint density at radius 2 is 1.49 bits per heavy atom. The number of carbonyl (C=O) groups excluding carboxylic acids is 2. The van der Waals surface area contributed by atoms with E-state index in [0.29, 0.717) is 11.1 Å². The van der Waals surface area contributed by atoms with E-state index >= 15 is 0 Å². The molecule has 1 amide bonds. The van der Waals surface area contributed by atoms with Crippen molar-refractivity contribution in [3.05, 3.63) is 130 Å². The molecule has 5 atom stereocenters. The normalized spacial score (nSPS) is 23.7. The van der Waals surface area contributed by atoms with Gasteiger partial charge in [-0.1, -0.05) is 66.7 Å². The minimum atomic E-state index is -0.902. The average Bonchev–Trinajstić information content (AvgIpc) is 3.02. The van der Waals surface area contributed by atoms with Gasteiger partial charge < -0.3 is 24.3 Å². The third-order valence-electron chi connectivity index (χ3n) is 7.03. The van der Waals surface area contributed by atoms with Crippen LogP contribution >= 0.6 is 0 Å². The molecule has 0 saturated carbocycles. The lowest BCUT2D eigenvalue weighted by molar-refractivity contribution is -0.306. The summed E-state index contributed by atoms with van der Waals surface area (Å²) in [4.78, 5) is 43.1. The highest BCUT2D eigenvalue weighted by Gasteiger charge is 2.49. The van der Waals surface area contributed by atoms with Crippen LogP contribution in [0.4, 0.5) is 5.82 Å². The number of amides is 1. The largest absolute Gasteiger partial charge is 0.454 e. The van der Waals surface area contributed by atoms with Crippen LogP contribution in [0.2, 0.25) is 0 Å². The minimum Gasteiger partial charge on any atom is -0.454 e. The zero-order valence-corrected chi connectivity index (χ0v) is 21.9. The summed E-state index contributed by atoms with van der Waals surface area (Å²) < 4.78 is 25.7. The van der Waals surface area contributed by atoms with Gasteiger partial charge in [0, 0.05) is 17.3 Å². The van der Waals surface area contributed by atoms with E-state index in [9.17, 15) is 14.4 Å². The molecule has 0 bridgehead atoms. The van der Waals surface area contributed by atoms with E-state index in [-0.39, 0.29) is 19.0 Å². The van der Waals surface area contributed by atoms with Gasteiger partial charge in [0.05, 0.1) is 18.8 Å². The number of fused-ring (bicyclic) bond motifs is 1. The molecule has 0 radical (unpaired) electrons. The molecule has 2 fully saturated rings. The summed E-state index contributed by atoms with van der Waals surface area (Å²) in [7, 11) is 0. The summed E-state index contributed by atoms with van der Waals surface area (Å²) in [6, 6.07) is 27.4. The van der Waals surface area contributed by atoms with Gasteiger partial charge in [-0.05, 0) is 30.3 Å². The van der Waals surface area contributed by atoms with E-state index in [2.05, 4.69) is 10.3 Å². The first-order valence-corrected chi connectivity index (χ1v) is 13.2. The smallest absolute Gasteiger partial charge is 0.349 e. The molecule has 3 heterocycles. The van der Waals surface area contributed by atoms with Crippen molar-refractivity contribution in [2.45, 2.75) is 30.6 Å². The number of nitrogens with zero attached hydrogens (tertiary/aromatic N) is 2. The number of nitrogens with one attached hydrogen (secondary N) is 1. The number of aromatic nitrogens is 2. The summed E-state index contributed by atoms with van der Waals surface area (Å²) in [5, 5.41) is 2.64. The molecular weight excluding hydrogens is 526 g/mol. The fourth-order valence-corrected chi connectivity index (χ4v) is 4.96. The third-order valence-corrected chi connectivity index (χ3v) is 7.03. The van der Waals surface area contributed by atoms with Crippen LogP contribution in [0, 0.1) is 0 Å². The Bertz CT molecular complexity index is 1560. The van der Waals surface area contributed by atoms with Crippen molar-refractivity contribution in [1.82, 2.24) is 9.55 Å². The molecule has 6 rings (SSSR count). The van der Waals surface area contributed by atoms with Gasteiger partial charge in [0.15, 0.2) is 12.4 Å². The first-order chi connectivity index (χ1) is 20.1. The monoisotopic (exact) mass is 553 g/mol. The van der Waals surface area contributed by atoms with Crippen molar-refractivity contribution in [3.63, 3.8) is 0 Å². The van der Waals surface area contributed by atoms with Gasteiger partial charge in [-0.2, -0.15) is 4.98 Å². The number of hydrogen-bond acceptors (Lipinski definition) is 8. The molecule has 0 spiro atoms. The van der Waals surface area contributed by atoms with Gasteiger partial charge >= 0.3 is 11.7 Å². The van der Waals surface area contributed by atoms with Crippen LogP contribution in [-0.4, -0.2) is 53.0 Å². The molecule has 41 heavy (non-hydrogen) atoms. The molecule has 208 valence electrons. The summed E-state index contributed by atoms with van der Waals surface area (Å²) >= 11 is 0. The van der Waals surface area contributed by atoms with Crippen LogP contribution in [0.1, 0.15) is 38.6 Å². The van der Waals surface area contributed by atoms with Gasteiger partial charge in [0.1, 0.15) is 24.1 Å². The molecule has 2 saturated heterocycles. The predicted molar refractivity (Wildman–Crippen MR) is 147 cm³/mol. The van der Waals surface area contributed by atoms with Gasteiger partial charge in [0.2, 0.25) is 0 Å². The molecule has 1 unspecified atom stereocenters. The quantitative estimate of drug-likeness (QED) is 0.359. The highest BCUT2D eigenvalue weighted by molar-refractivity contribution is 6.03. The maximum Gasteiger partial charge on any atom is 0.349 e. The first kappa shape index (κ1) is 26.6. The molecule has 1 aromatic heterocycles. The highest BCUT2D eigenvalue weighted by Crippen LogP contribution is 2.37. The lowest BCUT2D eigenvalue weighted by Gasteiger charge is -2.46. The molecule has 10 heteroatoms. The molecule has 3 aromatic carbocycles. The number of anilines is 1. The maximum absolute atomic E-state index is 13.2. The molecule has 4 aromatic rings. The van der Waals surface area contributed by atoms with Crippen molar-refractivity contribution < 1.29 is 28.5 Å². The van der Waals surface area contributed by atoms with Crippen molar-refractivity contribution in [1.29, 1.82) is 0 Å². The summed E-state index contributed by atoms with van der Waals surface area (Å²) in [5.74, 6) is -0.851. The lowest BCUT2D eigenvalue weighted by atomic mass is 9.96. The first-order valence-electron chi connectivity index (χ1n) is 13.2. The Labute approximate surface area is 235 Å². The molecular formula is C31H27N3O7. The van der Waals surface area contributed by atoms with Crippen LogP contribution < -0.4 is 11.0 Å². The van der Waals surface area contributed by atoms with Gasteiger partial charge in [0.25, 0.3) is 5.91 Å². The SMILES string of the molecule is O=C(Nc1ccn([C@@H]2CO[C@@H]3COC(c4ccccc4)O[C@@H]3[C@H]2OC(=O)c2ccccc2)c(=O)n1)c1ccccc1. The van der Waals surface area contributed by atoms with Crippen molar-refractivity contribution >= 4 is 17.7 Å². The summed E-state index contributed by atoms with van der Waals surface area (Å²) in [5.41, 5.74) is 0.960. The zero-order valence-electron chi connectivity index (χ0n) is 21.9. The molecule has 10 nitrogen and oxygen atoms in total. The summed E-state index contributed by atoms with van der Waals surface area (Å²) in [6.45, 7) is 0.266. The third kappa shape index (κ3) is 5.80. The molecule has 2 aliphatic heterocycles. The van der Waals surface area contributed by atoms with Gasteiger partial charge in [-0.3, -0.25) is 9.36 Å². The van der Waals surface area contributed by atoms with Crippen LogP contribution in [-0.2, 0) is 18.9 Å². The average molecular weight is 554 g/mol. The highest BCUT2D eigenvalue weighted by atomic mass is 16.7. The molecule has 0 aliphatic carbocycles. The van der Waals surface area contributed by atoms with Crippen molar-refractivity contribution in [2.75, 3.05) is 18.5 Å². The second-order valence-electron chi connectivity index (χ2n) is 9.67. The van der Waals surface area contributed by atoms with Crippen molar-refractivity contribution in [3.8, 4) is 0 Å². The van der Waals surface area contributed by atoms with E-state index in [1.165, 1.54) is 16.8 Å². The van der Waals surface area contributed by atoms with E-state index in [0.717, 1.165) is 5.56 Å². The van der Waals surface area contributed by atoms with Crippen LogP contribution in [0.25, 0.3) is 0 Å². The zero-order chi connectivity index (χ0) is 28.2. The fraction of sp³-hybridized carbons (Fsp3) is 0.226. The van der Waals surface area contributed by atoms with E-state index in [1.807, 2.05) is 30.3 Å². The molecule has 1 N–H and O–H groups in total. The number of benzene rings is 3. The minimum absolute atomic E-state index is 0.0495. The summed E-state index contributed by atoms with van der Waals surface area (Å²) in [6.07, 6.45) is -1.36. The number of esters is 1. The van der Waals surface area contributed by atoms with Crippen LogP contribution in [0.15, 0.2) is 108 Å². The Morgan fingerprint density at radius 1 is 0.829 bits per heavy atom. The number of rotatable bonds is 6. The van der Waals surface area contributed by atoms with E-state index in [1.54, 1.807) is 60.7 Å². The Hall–Kier alpha value is -4.64. The fourth-order valence-electron chi connectivity index (χ4n) is 4.96. The van der Waals surface area contributed by atoms with E-state index < -0.39 is 48.2 Å². The Morgan fingerprint density at radius 3 is 2.17 bits per heavy atom. The maximum atomic E-state index is 13.2. The number of hydrogen-bond donors (Lipinski definition) is 1. The van der Waals surface area contributed by atoms with Crippen molar-refractivity contribution in [2.24, 2.45) is 0 Å². The second kappa shape index (κ2) is 11.8. The number of carbonyl (C=O) groups is 2. The van der Waals surface area contributed by atoms with Crippen LogP contribution in [0.5, 0.6) is 0 Å². The number of ether oxygens (including phenoxy) is 4. The second-order valence-corrected chi connectivity index (χ2v) is 9.67. The van der Waals surface area contributed by atoms with Gasteiger partial charge in [-0.25, -0.2) is 9.59 Å². The predicted octanol–water partition coefficient (Wildman–Crippen LogP) is 3.78. The van der Waals surface area contributed by atoms with Crippen LogP contribution in [0.3, 0.4) is 0 Å². The Kier molecular flexibility index (Phi) is 7.68. The topological polar surface area (TPSA) is 118 Å². The lowest BCUT2D eigenvalue weighted by Crippen LogP contribution is -2.58. The Balaban J connectivity index is 1.29. The molecule has 2 aliphatic rings. The van der Waals surface area contributed by atoms with E-state index in [4.69, 9.17) is 18.9 Å².